The zero-order valence-electron chi connectivity index (χ0n) is 23.4. The van der Waals surface area contributed by atoms with Gasteiger partial charge in [0.05, 0.1) is 24.6 Å². The predicted molar refractivity (Wildman–Crippen MR) is 158 cm³/mol. The highest BCUT2D eigenvalue weighted by Crippen LogP contribution is 2.36. The van der Waals surface area contributed by atoms with Gasteiger partial charge in [0.25, 0.3) is 0 Å². The third-order valence-corrected chi connectivity index (χ3v) is 8.02. The minimum Gasteiger partial charge on any atom is -0.495 e. The Labute approximate surface area is 241 Å². The Morgan fingerprint density at radius 1 is 1.02 bits per heavy atom. The normalized spacial score (nSPS) is 18.0. The van der Waals surface area contributed by atoms with Gasteiger partial charge in [-0.1, -0.05) is 42.5 Å². The first kappa shape index (κ1) is 30.4. The van der Waals surface area contributed by atoms with Crippen molar-refractivity contribution in [2.75, 3.05) is 31.2 Å². The Balaban J connectivity index is 1.39. The molecule has 0 radical (unpaired) electrons. The second-order valence-corrected chi connectivity index (χ2v) is 12.3. The molecular weight excluding hydrogens is 544 g/mol. The number of carboxylic acids is 1. The van der Waals surface area contributed by atoms with Gasteiger partial charge in [-0.15, -0.1) is 0 Å². The number of hydrogen-bond donors (Lipinski definition) is 3. The number of anilines is 1. The van der Waals surface area contributed by atoms with E-state index in [2.05, 4.69) is 21.8 Å². The summed E-state index contributed by atoms with van der Waals surface area (Å²) in [5.41, 5.74) is 2.90. The lowest BCUT2D eigenvalue weighted by Gasteiger charge is -2.38. The highest BCUT2D eigenvalue weighted by atomic mass is 32.2. The Kier molecular flexibility index (Phi) is 10.3. The highest BCUT2D eigenvalue weighted by Gasteiger charge is 2.28. The molecule has 1 atom stereocenters. The van der Waals surface area contributed by atoms with Crippen LogP contribution >= 0.6 is 0 Å². The van der Waals surface area contributed by atoms with Gasteiger partial charge < -0.3 is 19.7 Å². The number of benzene rings is 3. The molecule has 0 heterocycles. The van der Waals surface area contributed by atoms with Crippen LogP contribution in [0.25, 0.3) is 0 Å². The molecule has 1 aliphatic carbocycles. The van der Waals surface area contributed by atoms with Crippen molar-refractivity contribution < 1.29 is 32.9 Å². The molecule has 0 unspecified atom stereocenters. The second kappa shape index (κ2) is 13.8. The van der Waals surface area contributed by atoms with Gasteiger partial charge in [0.1, 0.15) is 24.2 Å². The monoisotopic (exact) mass is 582 g/mol. The Hall–Kier alpha value is -3.60. The number of ether oxygens (including phenoxy) is 2. The van der Waals surface area contributed by atoms with E-state index in [9.17, 15) is 23.4 Å². The van der Waals surface area contributed by atoms with Crippen LogP contribution in [0.5, 0.6) is 11.5 Å². The van der Waals surface area contributed by atoms with Crippen LogP contribution in [0.1, 0.15) is 53.1 Å². The number of aliphatic hydroxyl groups is 1. The van der Waals surface area contributed by atoms with Crippen molar-refractivity contribution in [3.8, 4) is 11.5 Å². The molecule has 0 aromatic heterocycles. The molecule has 10 heteroatoms. The number of rotatable bonds is 13. The number of nitrogens with zero attached hydrogens (tertiary/aromatic N) is 1. The van der Waals surface area contributed by atoms with E-state index in [1.807, 2.05) is 30.3 Å². The average Bonchev–Trinajstić information content (AvgIpc) is 2.96. The lowest BCUT2D eigenvalue weighted by molar-refractivity contribution is 0.0384. The molecule has 3 aromatic rings. The van der Waals surface area contributed by atoms with Crippen molar-refractivity contribution in [2.45, 2.75) is 50.3 Å². The van der Waals surface area contributed by atoms with Crippen LogP contribution in [-0.4, -0.2) is 68.2 Å². The van der Waals surface area contributed by atoms with Gasteiger partial charge in [-0.25, -0.2) is 13.2 Å². The third kappa shape index (κ3) is 8.94. The average molecular weight is 583 g/mol. The maximum Gasteiger partial charge on any atom is 0.335 e. The summed E-state index contributed by atoms with van der Waals surface area (Å²) >= 11 is 0. The summed E-state index contributed by atoms with van der Waals surface area (Å²) in [7, 11) is -2.05. The predicted octanol–water partition coefficient (Wildman–Crippen LogP) is 4.73. The zero-order chi connectivity index (χ0) is 29.4. The number of methoxy groups -OCH3 is 1. The number of carbonyl (C=O) groups is 1. The van der Waals surface area contributed by atoms with Crippen LogP contribution in [0.4, 0.5) is 5.69 Å². The summed E-state index contributed by atoms with van der Waals surface area (Å²) in [6.07, 6.45) is 4.19. The van der Waals surface area contributed by atoms with Crippen LogP contribution in [0.2, 0.25) is 0 Å². The van der Waals surface area contributed by atoms with Gasteiger partial charge in [0, 0.05) is 25.2 Å². The molecule has 9 nitrogen and oxygen atoms in total. The number of nitrogens with one attached hydrogen (secondary N) is 1. The molecule has 220 valence electrons. The van der Waals surface area contributed by atoms with Crippen molar-refractivity contribution in [1.82, 2.24) is 4.90 Å². The summed E-state index contributed by atoms with van der Waals surface area (Å²) in [6.45, 7) is 1.16. The summed E-state index contributed by atoms with van der Waals surface area (Å²) in [6, 6.07) is 22.5. The quantitative estimate of drug-likeness (QED) is 0.264. The molecule has 4 rings (SSSR count). The molecule has 41 heavy (non-hydrogen) atoms. The Morgan fingerprint density at radius 3 is 2.32 bits per heavy atom. The molecule has 3 aromatic carbocycles. The first-order valence-corrected chi connectivity index (χ1v) is 15.6. The van der Waals surface area contributed by atoms with Gasteiger partial charge in [-0.05, 0) is 67.0 Å². The fourth-order valence-electron chi connectivity index (χ4n) is 5.41. The molecule has 0 saturated heterocycles. The molecular formula is C31H38N2O7S. The summed E-state index contributed by atoms with van der Waals surface area (Å²) in [5, 5.41) is 20.2. The van der Waals surface area contributed by atoms with Crippen molar-refractivity contribution in [2.24, 2.45) is 0 Å². The number of hydrogen-bond acceptors (Lipinski definition) is 7. The Bertz CT molecular complexity index is 1390. The lowest BCUT2D eigenvalue weighted by Crippen LogP contribution is -2.43. The van der Waals surface area contributed by atoms with Crippen molar-refractivity contribution >= 4 is 21.7 Å². The van der Waals surface area contributed by atoms with Gasteiger partial charge in [-0.3, -0.25) is 9.62 Å². The summed E-state index contributed by atoms with van der Waals surface area (Å²) in [4.78, 5) is 13.5. The third-order valence-electron chi connectivity index (χ3n) is 7.42. The summed E-state index contributed by atoms with van der Waals surface area (Å²) in [5.74, 6) is 0.244. The van der Waals surface area contributed by atoms with Crippen molar-refractivity contribution in [3.05, 3.63) is 89.5 Å². The van der Waals surface area contributed by atoms with Gasteiger partial charge in [0.2, 0.25) is 10.0 Å². The molecule has 0 spiro atoms. The van der Waals surface area contributed by atoms with Gasteiger partial charge in [-0.2, -0.15) is 0 Å². The van der Waals surface area contributed by atoms with E-state index in [0.717, 1.165) is 31.9 Å². The van der Waals surface area contributed by atoms with Crippen LogP contribution < -0.4 is 14.2 Å². The van der Waals surface area contributed by atoms with Crippen molar-refractivity contribution in [1.29, 1.82) is 0 Å². The topological polar surface area (TPSA) is 125 Å². The number of aromatic carboxylic acids is 1. The van der Waals surface area contributed by atoms with Crippen LogP contribution in [0.15, 0.2) is 72.8 Å². The zero-order valence-corrected chi connectivity index (χ0v) is 24.2. The second-order valence-electron chi connectivity index (χ2n) is 10.5. The van der Waals surface area contributed by atoms with Crippen LogP contribution in [-0.2, 0) is 16.6 Å². The first-order valence-electron chi connectivity index (χ1n) is 13.7. The van der Waals surface area contributed by atoms with Crippen molar-refractivity contribution in [3.63, 3.8) is 0 Å². The SMILES string of the molecule is COc1ccc(OC[C@@H](O)CN(Cc2ccccc2)C2CCC(c3ccc(C(=O)O)cc3)CC2)cc1NS(C)(=O)=O. The molecule has 1 saturated carbocycles. The molecule has 0 amide bonds. The van der Waals surface area contributed by atoms with E-state index >= 15 is 0 Å². The number of sulfonamides is 1. The fraction of sp³-hybridized carbons (Fsp3) is 0.387. The molecule has 1 fully saturated rings. The smallest absolute Gasteiger partial charge is 0.335 e. The molecule has 1 aliphatic rings. The summed E-state index contributed by atoms with van der Waals surface area (Å²) < 4.78 is 37.0. The standard InChI is InChI=1S/C31H38N2O7S/c1-39-30-17-16-28(18-29(30)32-41(2,37)38)40-21-27(34)20-33(19-22-6-4-3-5-7-22)26-14-12-24(13-15-26)23-8-10-25(11-9-23)31(35)36/h3-11,16-18,24,26-27,32,34H,12-15,19-21H2,1-2H3,(H,35,36)/t24?,26?,27-/m0/s1. The van der Waals surface area contributed by atoms with E-state index in [1.165, 1.54) is 18.2 Å². The van der Waals surface area contributed by atoms with E-state index in [0.29, 0.717) is 36.1 Å². The van der Waals surface area contributed by atoms with Crippen LogP contribution in [0, 0.1) is 0 Å². The maximum atomic E-state index is 11.7. The largest absolute Gasteiger partial charge is 0.495 e. The lowest BCUT2D eigenvalue weighted by atomic mass is 9.81. The van der Waals surface area contributed by atoms with Crippen LogP contribution in [0.3, 0.4) is 0 Å². The van der Waals surface area contributed by atoms with Gasteiger partial charge >= 0.3 is 5.97 Å². The minimum atomic E-state index is -3.51. The van der Waals surface area contributed by atoms with E-state index < -0.39 is 22.1 Å². The molecule has 0 bridgehead atoms. The minimum absolute atomic E-state index is 0.0429. The van der Waals surface area contributed by atoms with E-state index in [1.54, 1.807) is 30.3 Å². The molecule has 0 aliphatic heterocycles. The Morgan fingerprint density at radius 2 is 1.71 bits per heavy atom. The first-order chi connectivity index (χ1) is 19.6. The fourth-order valence-corrected chi connectivity index (χ4v) is 5.96. The van der Waals surface area contributed by atoms with E-state index in [-0.39, 0.29) is 18.3 Å². The maximum absolute atomic E-state index is 11.7. The number of aliphatic hydroxyl groups excluding tert-OH is 1. The van der Waals surface area contributed by atoms with Gasteiger partial charge in [0.15, 0.2) is 0 Å². The highest BCUT2D eigenvalue weighted by molar-refractivity contribution is 7.92. The number of carboxylic acid groups (broad SMARTS) is 1. The van der Waals surface area contributed by atoms with E-state index in [4.69, 9.17) is 9.47 Å². The molecule has 3 N–H and O–H groups in total.